The molecule has 0 fully saturated rings. The van der Waals surface area contributed by atoms with E-state index in [0.717, 1.165) is 38.5 Å². The molecule has 190 valence electrons. The van der Waals surface area contributed by atoms with Gasteiger partial charge in [-0.1, -0.05) is 88.1 Å². The lowest BCUT2D eigenvalue weighted by Gasteiger charge is -2.21. The zero-order valence-corrected chi connectivity index (χ0v) is 21.0. The number of allylic oxidation sites excluding steroid dienone is 7. The van der Waals surface area contributed by atoms with Crippen LogP contribution in [0.1, 0.15) is 97.3 Å². The quantitative estimate of drug-likeness (QED) is 0.133. The third-order valence-electron chi connectivity index (χ3n) is 5.36. The van der Waals surface area contributed by atoms with E-state index in [1.54, 1.807) is 6.08 Å². The molecule has 0 aliphatic rings. The van der Waals surface area contributed by atoms with Gasteiger partial charge in [-0.3, -0.25) is 4.79 Å². The van der Waals surface area contributed by atoms with Gasteiger partial charge in [-0.25, -0.2) is 0 Å². The fraction of sp³-hybridized carbons (Fsp3) is 0.679. The van der Waals surface area contributed by atoms with Gasteiger partial charge in [0.05, 0.1) is 18.8 Å². The summed E-state index contributed by atoms with van der Waals surface area (Å²) in [4.78, 5) is 12.2. The first-order chi connectivity index (χ1) is 16.1. The van der Waals surface area contributed by atoms with Gasteiger partial charge in [0.1, 0.15) is 6.10 Å². The van der Waals surface area contributed by atoms with E-state index in [4.69, 9.17) is 0 Å². The summed E-state index contributed by atoms with van der Waals surface area (Å²) in [6.45, 7) is 3.96. The van der Waals surface area contributed by atoms with Crippen molar-refractivity contribution >= 4 is 5.91 Å². The Morgan fingerprint density at radius 1 is 0.727 bits per heavy atom. The molecule has 33 heavy (non-hydrogen) atoms. The van der Waals surface area contributed by atoms with E-state index in [-0.39, 0.29) is 0 Å². The maximum Gasteiger partial charge on any atom is 0.249 e. The number of carbonyl (C=O) groups excluding carboxylic acids is 1. The van der Waals surface area contributed by atoms with E-state index in [0.29, 0.717) is 12.8 Å². The van der Waals surface area contributed by atoms with Crippen molar-refractivity contribution in [1.82, 2.24) is 5.32 Å². The van der Waals surface area contributed by atoms with Crippen LogP contribution in [0.3, 0.4) is 0 Å². The van der Waals surface area contributed by atoms with Crippen molar-refractivity contribution in [3.8, 4) is 0 Å². The molecule has 4 N–H and O–H groups in total. The molecule has 0 aliphatic carbocycles. The van der Waals surface area contributed by atoms with Crippen molar-refractivity contribution in [2.75, 3.05) is 6.61 Å². The van der Waals surface area contributed by atoms with Gasteiger partial charge in [0.25, 0.3) is 0 Å². The Hall–Kier alpha value is -1.69. The average Bonchev–Trinajstić information content (AvgIpc) is 2.82. The van der Waals surface area contributed by atoms with E-state index < -0.39 is 30.8 Å². The van der Waals surface area contributed by atoms with Gasteiger partial charge in [0, 0.05) is 0 Å². The Labute approximate surface area is 202 Å². The minimum Gasteiger partial charge on any atom is -0.394 e. The van der Waals surface area contributed by atoms with Gasteiger partial charge in [-0.2, -0.15) is 0 Å². The van der Waals surface area contributed by atoms with Crippen LogP contribution in [0.25, 0.3) is 0 Å². The number of amides is 1. The predicted molar refractivity (Wildman–Crippen MR) is 139 cm³/mol. The zero-order chi connectivity index (χ0) is 24.6. The minimum atomic E-state index is -1.15. The lowest BCUT2D eigenvalue weighted by molar-refractivity contribution is -0.131. The Kier molecular flexibility index (Phi) is 22.3. The summed E-state index contributed by atoms with van der Waals surface area (Å²) in [6.07, 6.45) is 27.1. The SMILES string of the molecule is CCC/C=C/CC/C=C/CC/C=C/C(O)C(CO)NC(=O)C(O)CC/C=C\CCCCCC. The normalized spacial score (nSPS) is 15.2. The number of aliphatic hydroxyl groups is 3. The van der Waals surface area contributed by atoms with E-state index >= 15 is 0 Å². The second-order valence-corrected chi connectivity index (χ2v) is 8.52. The summed E-state index contributed by atoms with van der Waals surface area (Å²) in [5.41, 5.74) is 0. The highest BCUT2D eigenvalue weighted by Crippen LogP contribution is 2.06. The van der Waals surface area contributed by atoms with Crippen molar-refractivity contribution in [1.29, 1.82) is 0 Å². The summed E-state index contributed by atoms with van der Waals surface area (Å²) in [5.74, 6) is -0.561. The largest absolute Gasteiger partial charge is 0.394 e. The molecule has 3 atom stereocenters. The van der Waals surface area contributed by atoms with Gasteiger partial charge < -0.3 is 20.6 Å². The zero-order valence-electron chi connectivity index (χ0n) is 21.0. The predicted octanol–water partition coefficient (Wildman–Crippen LogP) is 5.52. The van der Waals surface area contributed by atoms with Gasteiger partial charge in [0.2, 0.25) is 5.91 Å². The van der Waals surface area contributed by atoms with Gasteiger partial charge in [-0.15, -0.1) is 0 Å². The van der Waals surface area contributed by atoms with Crippen molar-refractivity contribution in [3.05, 3.63) is 48.6 Å². The third kappa shape index (κ3) is 19.5. The molecule has 0 spiro atoms. The number of carbonyl (C=O) groups is 1. The first-order valence-electron chi connectivity index (χ1n) is 13.0. The average molecular weight is 464 g/mol. The maximum atomic E-state index is 12.2. The molecule has 0 aromatic rings. The molecular formula is C28H49NO4. The third-order valence-corrected chi connectivity index (χ3v) is 5.36. The van der Waals surface area contributed by atoms with Gasteiger partial charge in [-0.05, 0) is 57.8 Å². The molecule has 0 aliphatic heterocycles. The van der Waals surface area contributed by atoms with Crippen LogP contribution in [0.4, 0.5) is 0 Å². The number of unbranched alkanes of at least 4 members (excludes halogenated alkanes) is 7. The fourth-order valence-electron chi connectivity index (χ4n) is 3.22. The van der Waals surface area contributed by atoms with E-state index in [1.165, 1.54) is 32.1 Å². The van der Waals surface area contributed by atoms with Gasteiger partial charge >= 0.3 is 0 Å². The topological polar surface area (TPSA) is 89.8 Å². The van der Waals surface area contributed by atoms with E-state index in [1.807, 2.05) is 12.2 Å². The first-order valence-corrected chi connectivity index (χ1v) is 13.0. The monoisotopic (exact) mass is 463 g/mol. The second-order valence-electron chi connectivity index (χ2n) is 8.52. The Balaban J connectivity index is 4.09. The van der Waals surface area contributed by atoms with Crippen molar-refractivity contribution in [2.45, 2.75) is 116 Å². The molecule has 5 heteroatoms. The summed E-state index contributed by atoms with van der Waals surface area (Å²) >= 11 is 0. The van der Waals surface area contributed by atoms with Gasteiger partial charge in [0.15, 0.2) is 0 Å². The lowest BCUT2D eigenvalue weighted by Crippen LogP contribution is -2.48. The molecule has 0 radical (unpaired) electrons. The number of nitrogens with one attached hydrogen (secondary N) is 1. The molecule has 0 aromatic carbocycles. The van der Waals surface area contributed by atoms with E-state index in [2.05, 4.69) is 49.5 Å². The van der Waals surface area contributed by atoms with Crippen LogP contribution in [0.15, 0.2) is 48.6 Å². The number of hydrogen-bond acceptors (Lipinski definition) is 4. The van der Waals surface area contributed by atoms with Crippen LogP contribution in [0, 0.1) is 0 Å². The standard InChI is InChI=1S/C28H49NO4/c1-3-5-7-9-11-13-14-15-17-18-20-22-26(31)25(24-30)29-28(33)27(32)23-21-19-16-12-10-8-6-4-2/h7,9,14-16,19-20,22,25-27,30-32H,3-6,8,10-13,17-18,21,23-24H2,1-2H3,(H,29,33)/b9-7+,15-14+,19-16-,22-20+. The minimum absolute atomic E-state index is 0.322. The molecule has 0 aromatic heterocycles. The van der Waals surface area contributed by atoms with Crippen molar-refractivity contribution < 1.29 is 20.1 Å². The molecule has 0 rings (SSSR count). The Morgan fingerprint density at radius 3 is 1.91 bits per heavy atom. The maximum absolute atomic E-state index is 12.2. The molecule has 0 heterocycles. The van der Waals surface area contributed by atoms with Crippen LogP contribution < -0.4 is 5.32 Å². The van der Waals surface area contributed by atoms with Crippen LogP contribution in [-0.4, -0.2) is 46.1 Å². The number of rotatable bonds is 21. The van der Waals surface area contributed by atoms with Crippen molar-refractivity contribution in [2.24, 2.45) is 0 Å². The highest BCUT2D eigenvalue weighted by Gasteiger charge is 2.22. The molecule has 0 saturated heterocycles. The van der Waals surface area contributed by atoms with Crippen LogP contribution in [0.2, 0.25) is 0 Å². The van der Waals surface area contributed by atoms with E-state index in [9.17, 15) is 20.1 Å². The summed E-state index contributed by atoms with van der Waals surface area (Å²) in [6, 6.07) is -0.831. The summed E-state index contributed by atoms with van der Waals surface area (Å²) < 4.78 is 0. The molecule has 0 bridgehead atoms. The van der Waals surface area contributed by atoms with Crippen LogP contribution in [0.5, 0.6) is 0 Å². The molecule has 3 unspecified atom stereocenters. The molecule has 5 nitrogen and oxygen atoms in total. The first kappa shape index (κ1) is 31.3. The summed E-state index contributed by atoms with van der Waals surface area (Å²) in [7, 11) is 0. The Bertz CT molecular complexity index is 568. The lowest BCUT2D eigenvalue weighted by atomic mass is 10.1. The smallest absolute Gasteiger partial charge is 0.249 e. The second kappa shape index (κ2) is 23.5. The van der Waals surface area contributed by atoms with Crippen LogP contribution in [-0.2, 0) is 4.79 Å². The van der Waals surface area contributed by atoms with Crippen molar-refractivity contribution in [3.63, 3.8) is 0 Å². The highest BCUT2D eigenvalue weighted by atomic mass is 16.3. The molecule has 1 amide bonds. The molecular weight excluding hydrogens is 414 g/mol. The van der Waals surface area contributed by atoms with Crippen LogP contribution >= 0.6 is 0 Å². The fourth-order valence-corrected chi connectivity index (χ4v) is 3.22. The number of hydrogen-bond donors (Lipinski definition) is 4. The Morgan fingerprint density at radius 2 is 1.30 bits per heavy atom. The number of aliphatic hydroxyl groups excluding tert-OH is 3. The highest BCUT2D eigenvalue weighted by molar-refractivity contribution is 5.80. The summed E-state index contributed by atoms with van der Waals surface area (Å²) in [5, 5.41) is 32.4. The molecule has 0 saturated carbocycles.